The molecule has 1 unspecified atom stereocenters. The van der Waals surface area contributed by atoms with Crippen molar-refractivity contribution < 1.29 is 9.15 Å². The molecule has 2 heterocycles. The molecule has 8 heteroatoms. The summed E-state index contributed by atoms with van der Waals surface area (Å²) >= 11 is 0. The highest BCUT2D eigenvalue weighted by atomic mass is 127. The van der Waals surface area contributed by atoms with Crippen molar-refractivity contribution in [3.8, 4) is 17.2 Å². The van der Waals surface area contributed by atoms with Gasteiger partial charge in [0.2, 0.25) is 5.89 Å². The number of halogens is 1. The van der Waals surface area contributed by atoms with Crippen LogP contribution >= 0.6 is 24.0 Å². The van der Waals surface area contributed by atoms with Crippen molar-refractivity contribution in [1.82, 2.24) is 20.5 Å². The van der Waals surface area contributed by atoms with Gasteiger partial charge in [-0.05, 0) is 62.7 Å². The number of nitrogens with one attached hydrogen (secondary N) is 2. The van der Waals surface area contributed by atoms with Crippen LogP contribution in [0.25, 0.3) is 11.5 Å². The third kappa shape index (κ3) is 6.96. The molecule has 0 saturated carbocycles. The molecule has 1 aliphatic rings. The number of likely N-dealkylation sites (tertiary alicyclic amines) is 1. The van der Waals surface area contributed by atoms with Crippen LogP contribution in [0, 0.1) is 0 Å². The van der Waals surface area contributed by atoms with Gasteiger partial charge in [0, 0.05) is 18.7 Å². The molecule has 1 saturated heterocycles. The van der Waals surface area contributed by atoms with E-state index in [1.54, 1.807) is 13.4 Å². The SMILES string of the molecule is CCNC(=NCc1coc(-c2ccccc2)n1)NCC(c1cccc(OC)c1)N1CCCC1.I. The number of oxazole rings is 1. The minimum absolute atomic E-state index is 0. The van der Waals surface area contributed by atoms with Gasteiger partial charge in [-0.2, -0.15) is 0 Å². The molecule has 182 valence electrons. The first-order chi connectivity index (χ1) is 16.3. The fraction of sp³-hybridized carbons (Fsp3) is 0.385. The first-order valence-corrected chi connectivity index (χ1v) is 11.7. The van der Waals surface area contributed by atoms with Crippen molar-refractivity contribution >= 4 is 29.9 Å². The van der Waals surface area contributed by atoms with Gasteiger partial charge in [0.25, 0.3) is 0 Å². The predicted molar refractivity (Wildman–Crippen MR) is 147 cm³/mol. The van der Waals surface area contributed by atoms with Gasteiger partial charge >= 0.3 is 0 Å². The first kappa shape index (κ1) is 26.0. The van der Waals surface area contributed by atoms with Crippen LogP contribution in [0.3, 0.4) is 0 Å². The van der Waals surface area contributed by atoms with Crippen LogP contribution in [-0.4, -0.2) is 49.1 Å². The number of hydrogen-bond acceptors (Lipinski definition) is 5. The van der Waals surface area contributed by atoms with Gasteiger partial charge in [0.05, 0.1) is 19.7 Å². The van der Waals surface area contributed by atoms with Crippen molar-refractivity contribution in [2.45, 2.75) is 32.4 Å². The van der Waals surface area contributed by atoms with Crippen molar-refractivity contribution in [1.29, 1.82) is 0 Å². The van der Waals surface area contributed by atoms with Crippen molar-refractivity contribution in [3.05, 3.63) is 72.1 Å². The lowest BCUT2D eigenvalue weighted by atomic mass is 10.1. The number of methoxy groups -OCH3 is 1. The summed E-state index contributed by atoms with van der Waals surface area (Å²) in [6.07, 6.45) is 4.16. The number of ether oxygens (including phenoxy) is 1. The van der Waals surface area contributed by atoms with Gasteiger partial charge < -0.3 is 19.8 Å². The summed E-state index contributed by atoms with van der Waals surface area (Å²) < 4.78 is 11.1. The average molecular weight is 575 g/mol. The number of aromatic nitrogens is 1. The molecule has 2 aromatic carbocycles. The summed E-state index contributed by atoms with van der Waals surface area (Å²) in [5.74, 6) is 2.28. The van der Waals surface area contributed by atoms with Gasteiger partial charge in [-0.15, -0.1) is 24.0 Å². The van der Waals surface area contributed by atoms with E-state index in [0.717, 1.165) is 49.1 Å². The molecule has 7 nitrogen and oxygen atoms in total. The standard InChI is InChI=1S/C26H33N5O2.HI/c1-3-27-26(28-17-22-19-33-25(30-22)20-10-5-4-6-11-20)29-18-24(31-14-7-8-15-31)21-12-9-13-23(16-21)32-2;/h4-6,9-13,16,19,24H,3,7-8,14-15,17-18H2,1-2H3,(H2,27,28,29);1H. The third-order valence-electron chi connectivity index (χ3n) is 5.84. The number of benzene rings is 2. The summed E-state index contributed by atoms with van der Waals surface area (Å²) in [6.45, 7) is 6.28. The van der Waals surface area contributed by atoms with E-state index in [9.17, 15) is 0 Å². The Hall–Kier alpha value is -2.59. The van der Waals surface area contributed by atoms with Gasteiger partial charge in [0.15, 0.2) is 5.96 Å². The normalized spacial score (nSPS) is 14.9. The fourth-order valence-electron chi connectivity index (χ4n) is 4.15. The molecule has 0 spiro atoms. The molecule has 1 aromatic heterocycles. The van der Waals surface area contributed by atoms with E-state index in [1.165, 1.54) is 18.4 Å². The van der Waals surface area contributed by atoms with Gasteiger partial charge in [-0.3, -0.25) is 4.90 Å². The Morgan fingerprint density at radius 3 is 2.65 bits per heavy atom. The molecular formula is C26H34IN5O2. The summed E-state index contributed by atoms with van der Waals surface area (Å²) in [6, 6.07) is 18.5. The summed E-state index contributed by atoms with van der Waals surface area (Å²) in [7, 11) is 1.71. The zero-order chi connectivity index (χ0) is 22.9. The van der Waals surface area contributed by atoms with Gasteiger partial charge in [-0.25, -0.2) is 9.98 Å². The zero-order valence-corrected chi connectivity index (χ0v) is 22.2. The highest BCUT2D eigenvalue weighted by Crippen LogP contribution is 2.27. The maximum Gasteiger partial charge on any atom is 0.226 e. The molecule has 3 aromatic rings. The van der Waals surface area contributed by atoms with Crippen molar-refractivity contribution in [2.75, 3.05) is 33.3 Å². The van der Waals surface area contributed by atoms with E-state index in [4.69, 9.17) is 14.1 Å². The smallest absolute Gasteiger partial charge is 0.226 e. The quantitative estimate of drug-likeness (QED) is 0.216. The maximum atomic E-state index is 5.65. The Bertz CT molecular complexity index is 1030. The number of aliphatic imine (C=N–C) groups is 1. The minimum Gasteiger partial charge on any atom is -0.497 e. The summed E-state index contributed by atoms with van der Waals surface area (Å²) in [5.41, 5.74) is 3.02. The second-order valence-electron chi connectivity index (χ2n) is 8.12. The second-order valence-corrected chi connectivity index (χ2v) is 8.12. The van der Waals surface area contributed by atoms with E-state index in [1.807, 2.05) is 36.4 Å². The van der Waals surface area contributed by atoms with E-state index < -0.39 is 0 Å². The second kappa shape index (κ2) is 13.3. The Kier molecular flexibility index (Phi) is 10.2. The zero-order valence-electron chi connectivity index (χ0n) is 19.9. The van der Waals surface area contributed by atoms with Crippen LogP contribution in [0.5, 0.6) is 5.75 Å². The molecule has 1 atom stereocenters. The van der Waals surface area contributed by atoms with Crippen LogP contribution in [0.1, 0.15) is 37.1 Å². The first-order valence-electron chi connectivity index (χ1n) is 11.7. The number of hydrogen-bond donors (Lipinski definition) is 2. The van der Waals surface area contributed by atoms with Crippen LogP contribution in [0.4, 0.5) is 0 Å². The molecule has 0 amide bonds. The third-order valence-corrected chi connectivity index (χ3v) is 5.84. The molecule has 0 aliphatic carbocycles. The van der Waals surface area contributed by atoms with E-state index in [2.05, 4.69) is 45.6 Å². The van der Waals surface area contributed by atoms with Gasteiger partial charge in [0.1, 0.15) is 17.7 Å². The molecule has 0 radical (unpaired) electrons. The number of nitrogens with zero attached hydrogens (tertiary/aromatic N) is 3. The number of rotatable bonds is 9. The van der Waals surface area contributed by atoms with Crippen molar-refractivity contribution in [3.63, 3.8) is 0 Å². The summed E-state index contributed by atoms with van der Waals surface area (Å²) in [5, 5.41) is 6.89. The highest BCUT2D eigenvalue weighted by Gasteiger charge is 2.24. The van der Waals surface area contributed by atoms with Crippen LogP contribution in [-0.2, 0) is 6.54 Å². The van der Waals surface area contributed by atoms with E-state index in [-0.39, 0.29) is 30.0 Å². The monoisotopic (exact) mass is 575 g/mol. The molecule has 1 fully saturated rings. The minimum atomic E-state index is 0. The lowest BCUT2D eigenvalue weighted by molar-refractivity contribution is 0.245. The van der Waals surface area contributed by atoms with Gasteiger partial charge in [-0.1, -0.05) is 30.3 Å². The van der Waals surface area contributed by atoms with Crippen LogP contribution in [0.2, 0.25) is 0 Å². The number of guanidine groups is 1. The molecule has 0 bridgehead atoms. The summed E-state index contributed by atoms with van der Waals surface area (Å²) in [4.78, 5) is 11.9. The molecule has 2 N–H and O–H groups in total. The maximum absolute atomic E-state index is 5.65. The Balaban J connectivity index is 0.00000324. The van der Waals surface area contributed by atoms with E-state index >= 15 is 0 Å². The topological polar surface area (TPSA) is 74.9 Å². The Labute approximate surface area is 219 Å². The molecule has 34 heavy (non-hydrogen) atoms. The predicted octanol–water partition coefficient (Wildman–Crippen LogP) is 4.86. The van der Waals surface area contributed by atoms with Crippen LogP contribution in [0.15, 0.2) is 70.3 Å². The molecule has 4 rings (SSSR count). The van der Waals surface area contributed by atoms with E-state index in [0.29, 0.717) is 12.4 Å². The lowest BCUT2D eigenvalue weighted by Crippen LogP contribution is -2.42. The fourth-order valence-corrected chi connectivity index (χ4v) is 4.15. The Morgan fingerprint density at radius 2 is 1.91 bits per heavy atom. The molecular weight excluding hydrogens is 541 g/mol. The lowest BCUT2D eigenvalue weighted by Gasteiger charge is -2.29. The van der Waals surface area contributed by atoms with Crippen molar-refractivity contribution in [2.24, 2.45) is 4.99 Å². The average Bonchev–Trinajstić information content (AvgIpc) is 3.56. The highest BCUT2D eigenvalue weighted by molar-refractivity contribution is 14.0. The Morgan fingerprint density at radius 1 is 1.12 bits per heavy atom. The largest absolute Gasteiger partial charge is 0.497 e. The van der Waals surface area contributed by atoms with Crippen LogP contribution < -0.4 is 15.4 Å². The molecule has 1 aliphatic heterocycles.